The lowest BCUT2D eigenvalue weighted by Crippen LogP contribution is -2.52. The molecular weight excluding hydrogens is 198 g/mol. The molecule has 6 nitrogen and oxygen atoms in total. The Morgan fingerprint density at radius 2 is 2.27 bits per heavy atom. The Morgan fingerprint density at radius 3 is 2.87 bits per heavy atom. The molecule has 0 bridgehead atoms. The fraction of sp³-hybridized carbons (Fsp3) is 0.667. The van der Waals surface area contributed by atoms with Gasteiger partial charge in [0.05, 0.1) is 0 Å². The number of nitrogens with one attached hydrogen (secondary N) is 3. The summed E-state index contributed by atoms with van der Waals surface area (Å²) in [6.07, 6.45) is 0.993. The van der Waals surface area contributed by atoms with E-state index in [-0.39, 0.29) is 18.2 Å². The van der Waals surface area contributed by atoms with Crippen LogP contribution in [0.5, 0.6) is 0 Å². The van der Waals surface area contributed by atoms with Gasteiger partial charge in [-0.15, -0.1) is 0 Å². The van der Waals surface area contributed by atoms with Crippen LogP contribution in [0, 0.1) is 0 Å². The first-order valence-electron chi connectivity index (χ1n) is 4.91. The highest BCUT2D eigenvalue weighted by atomic mass is 16.2. The minimum Gasteiger partial charge on any atom is -0.344 e. The summed E-state index contributed by atoms with van der Waals surface area (Å²) in [6, 6.07) is -0.563. The molecule has 0 aromatic heterocycles. The minimum atomic E-state index is -0.563. The molecule has 6 heteroatoms. The molecule has 1 heterocycles. The van der Waals surface area contributed by atoms with Crippen molar-refractivity contribution in [2.75, 3.05) is 13.6 Å². The van der Waals surface area contributed by atoms with Crippen LogP contribution in [0.25, 0.3) is 0 Å². The fourth-order valence-electron chi connectivity index (χ4n) is 1.34. The lowest BCUT2D eigenvalue weighted by atomic mass is 10.1. The number of hydrogen-bond acceptors (Lipinski definition) is 4. The van der Waals surface area contributed by atoms with Crippen molar-refractivity contribution in [3.63, 3.8) is 0 Å². The summed E-state index contributed by atoms with van der Waals surface area (Å²) in [5, 5.41) is 7.60. The molecule has 1 rings (SSSR count). The highest BCUT2D eigenvalue weighted by Crippen LogP contribution is 2.04. The molecule has 1 aliphatic rings. The van der Waals surface area contributed by atoms with Gasteiger partial charge < -0.3 is 10.6 Å². The number of carbonyl (C=O) groups is 3. The normalized spacial score (nSPS) is 21.0. The van der Waals surface area contributed by atoms with Crippen LogP contribution in [0.3, 0.4) is 0 Å². The first kappa shape index (κ1) is 11.6. The van der Waals surface area contributed by atoms with Crippen molar-refractivity contribution in [1.29, 1.82) is 0 Å². The lowest BCUT2D eigenvalue weighted by Gasteiger charge is -2.21. The molecular formula is C9H15N3O3. The van der Waals surface area contributed by atoms with Gasteiger partial charge in [-0.2, -0.15) is 0 Å². The van der Waals surface area contributed by atoms with Gasteiger partial charge in [-0.1, -0.05) is 0 Å². The molecule has 15 heavy (non-hydrogen) atoms. The summed E-state index contributed by atoms with van der Waals surface area (Å²) in [4.78, 5) is 33.4. The maximum Gasteiger partial charge on any atom is 0.249 e. The zero-order valence-electron chi connectivity index (χ0n) is 8.63. The zero-order valence-corrected chi connectivity index (χ0v) is 8.63. The maximum absolute atomic E-state index is 11.3. The largest absolute Gasteiger partial charge is 0.344 e. The van der Waals surface area contributed by atoms with Gasteiger partial charge in [-0.25, -0.2) is 0 Å². The SMILES string of the molecule is CNCCC(=O)NC1CCC(=O)NC1=O. The number of amides is 3. The van der Waals surface area contributed by atoms with Crippen LogP contribution in [-0.4, -0.2) is 37.4 Å². The topological polar surface area (TPSA) is 87.3 Å². The Balaban J connectivity index is 2.34. The average Bonchev–Trinajstić information content (AvgIpc) is 2.19. The van der Waals surface area contributed by atoms with Gasteiger partial charge >= 0.3 is 0 Å². The molecule has 0 aliphatic carbocycles. The summed E-state index contributed by atoms with van der Waals surface area (Å²) < 4.78 is 0. The van der Waals surface area contributed by atoms with E-state index < -0.39 is 11.9 Å². The van der Waals surface area contributed by atoms with Crippen molar-refractivity contribution in [3.8, 4) is 0 Å². The van der Waals surface area contributed by atoms with Crippen LogP contribution in [0.1, 0.15) is 19.3 Å². The Bertz CT molecular complexity index is 278. The Labute approximate surface area is 87.8 Å². The van der Waals surface area contributed by atoms with Crippen LogP contribution >= 0.6 is 0 Å². The molecule has 1 saturated heterocycles. The van der Waals surface area contributed by atoms with E-state index in [2.05, 4.69) is 16.0 Å². The average molecular weight is 213 g/mol. The third-order valence-corrected chi connectivity index (χ3v) is 2.18. The van der Waals surface area contributed by atoms with Gasteiger partial charge in [0, 0.05) is 19.4 Å². The van der Waals surface area contributed by atoms with Crippen molar-refractivity contribution in [3.05, 3.63) is 0 Å². The van der Waals surface area contributed by atoms with E-state index in [1.165, 1.54) is 0 Å². The smallest absolute Gasteiger partial charge is 0.249 e. The number of hydrogen-bond donors (Lipinski definition) is 3. The summed E-state index contributed by atoms with van der Waals surface area (Å²) >= 11 is 0. The molecule has 0 aromatic rings. The summed E-state index contributed by atoms with van der Waals surface area (Å²) in [5.41, 5.74) is 0. The van der Waals surface area contributed by atoms with Gasteiger partial charge in [0.25, 0.3) is 0 Å². The van der Waals surface area contributed by atoms with E-state index in [0.29, 0.717) is 19.4 Å². The van der Waals surface area contributed by atoms with Gasteiger partial charge in [0.15, 0.2) is 0 Å². The first-order chi connectivity index (χ1) is 7.13. The predicted molar refractivity (Wildman–Crippen MR) is 52.9 cm³/mol. The number of imide groups is 1. The molecule has 1 aliphatic heterocycles. The Kier molecular flexibility index (Phi) is 4.23. The van der Waals surface area contributed by atoms with Gasteiger partial charge in [0.1, 0.15) is 6.04 Å². The summed E-state index contributed by atoms with van der Waals surface area (Å²) in [5.74, 6) is -0.872. The van der Waals surface area contributed by atoms with Crippen LogP contribution in [0.2, 0.25) is 0 Å². The molecule has 3 N–H and O–H groups in total. The standard InChI is InChI=1S/C9H15N3O3/c1-10-5-4-8(14)11-6-2-3-7(13)12-9(6)15/h6,10H,2-5H2,1H3,(H,11,14)(H,12,13,15). The monoisotopic (exact) mass is 213 g/mol. The van der Waals surface area contributed by atoms with E-state index in [4.69, 9.17) is 0 Å². The van der Waals surface area contributed by atoms with Crippen molar-refractivity contribution >= 4 is 17.7 Å². The van der Waals surface area contributed by atoms with E-state index in [0.717, 1.165) is 0 Å². The predicted octanol–water partition coefficient (Wildman–Crippen LogP) is -1.48. The summed E-state index contributed by atoms with van der Waals surface area (Å²) in [6.45, 7) is 0.569. The second kappa shape index (κ2) is 5.45. The minimum absolute atomic E-state index is 0.182. The quantitative estimate of drug-likeness (QED) is 0.497. The van der Waals surface area contributed by atoms with E-state index >= 15 is 0 Å². The highest BCUT2D eigenvalue weighted by molar-refractivity contribution is 6.01. The molecule has 1 atom stereocenters. The third-order valence-electron chi connectivity index (χ3n) is 2.18. The van der Waals surface area contributed by atoms with E-state index in [1.807, 2.05) is 0 Å². The second-order valence-corrected chi connectivity index (χ2v) is 3.42. The fourth-order valence-corrected chi connectivity index (χ4v) is 1.34. The Hall–Kier alpha value is -1.43. The van der Waals surface area contributed by atoms with Crippen LogP contribution in [0.15, 0.2) is 0 Å². The van der Waals surface area contributed by atoms with Gasteiger partial charge in [-0.3, -0.25) is 19.7 Å². The molecule has 0 spiro atoms. The zero-order chi connectivity index (χ0) is 11.3. The van der Waals surface area contributed by atoms with Crippen molar-refractivity contribution in [2.24, 2.45) is 0 Å². The lowest BCUT2D eigenvalue weighted by molar-refractivity contribution is -0.137. The third kappa shape index (κ3) is 3.67. The van der Waals surface area contributed by atoms with Crippen molar-refractivity contribution < 1.29 is 14.4 Å². The van der Waals surface area contributed by atoms with Crippen LogP contribution in [0.4, 0.5) is 0 Å². The second-order valence-electron chi connectivity index (χ2n) is 3.42. The molecule has 0 aromatic carbocycles. The number of carbonyl (C=O) groups excluding carboxylic acids is 3. The molecule has 1 fully saturated rings. The van der Waals surface area contributed by atoms with Crippen molar-refractivity contribution in [2.45, 2.75) is 25.3 Å². The molecule has 84 valence electrons. The van der Waals surface area contributed by atoms with E-state index in [9.17, 15) is 14.4 Å². The molecule has 3 amide bonds. The van der Waals surface area contributed by atoms with Gasteiger partial charge in [-0.05, 0) is 13.5 Å². The molecule has 0 radical (unpaired) electrons. The highest BCUT2D eigenvalue weighted by Gasteiger charge is 2.27. The van der Waals surface area contributed by atoms with Crippen LogP contribution < -0.4 is 16.0 Å². The van der Waals surface area contributed by atoms with Crippen molar-refractivity contribution in [1.82, 2.24) is 16.0 Å². The maximum atomic E-state index is 11.3. The van der Waals surface area contributed by atoms with Crippen LogP contribution in [-0.2, 0) is 14.4 Å². The number of piperidine rings is 1. The number of rotatable bonds is 4. The van der Waals surface area contributed by atoms with Gasteiger partial charge in [0.2, 0.25) is 17.7 Å². The Morgan fingerprint density at radius 1 is 1.53 bits per heavy atom. The molecule has 1 unspecified atom stereocenters. The first-order valence-corrected chi connectivity index (χ1v) is 4.91. The van der Waals surface area contributed by atoms with E-state index in [1.54, 1.807) is 7.05 Å². The summed E-state index contributed by atoms with van der Waals surface area (Å²) in [7, 11) is 1.75. The molecule has 0 saturated carbocycles.